The maximum absolute atomic E-state index is 12.2. The molecule has 1 aromatic rings. The normalized spacial score (nSPS) is 15.9. The maximum Gasteiger partial charge on any atom is 0.267 e. The van der Waals surface area contributed by atoms with E-state index < -0.39 is 0 Å². The summed E-state index contributed by atoms with van der Waals surface area (Å²) in [5, 5.41) is 0. The van der Waals surface area contributed by atoms with Crippen molar-refractivity contribution < 1.29 is 9.59 Å². The Morgan fingerprint density at radius 2 is 1.74 bits per heavy atom. The van der Waals surface area contributed by atoms with E-state index in [0.29, 0.717) is 11.4 Å². The van der Waals surface area contributed by atoms with Gasteiger partial charge in [0, 0.05) is 17.5 Å². The Labute approximate surface area is 117 Å². The molecule has 0 fully saturated rings. The number of carbonyl (C=O) groups excluding carboxylic acids is 2. The summed E-state index contributed by atoms with van der Waals surface area (Å²) in [6.07, 6.45) is 1.44. The third kappa shape index (κ3) is 3.47. The van der Waals surface area contributed by atoms with Crippen LogP contribution in [0.1, 0.15) is 20.8 Å². The predicted octanol–water partition coefficient (Wildman–Crippen LogP) is 3.08. The molecule has 4 heteroatoms. The summed E-state index contributed by atoms with van der Waals surface area (Å²) in [5.41, 5.74) is -0.0912. The molecule has 0 unspecified atom stereocenters. The topological polar surface area (TPSA) is 37.4 Å². The zero-order chi connectivity index (χ0) is 14.0. The summed E-state index contributed by atoms with van der Waals surface area (Å²) in [5.74, 6) is -0.396. The van der Waals surface area contributed by atoms with Crippen molar-refractivity contribution in [1.82, 2.24) is 4.90 Å². The molecule has 100 valence electrons. The molecule has 1 aliphatic heterocycles. The van der Waals surface area contributed by atoms with Crippen LogP contribution in [0.3, 0.4) is 0 Å². The summed E-state index contributed by atoms with van der Waals surface area (Å²) in [6, 6.07) is 9.60. The fraction of sp³-hybridized carbons (Fsp3) is 0.333. The number of thioether (sulfide) groups is 1. The highest BCUT2D eigenvalue weighted by Gasteiger charge is 2.33. The van der Waals surface area contributed by atoms with Crippen molar-refractivity contribution in [3.63, 3.8) is 0 Å². The van der Waals surface area contributed by atoms with Gasteiger partial charge in [-0.3, -0.25) is 14.5 Å². The van der Waals surface area contributed by atoms with Crippen LogP contribution < -0.4 is 0 Å². The first-order chi connectivity index (χ1) is 8.87. The van der Waals surface area contributed by atoms with Crippen LogP contribution in [-0.2, 0) is 9.59 Å². The first-order valence-electron chi connectivity index (χ1n) is 6.17. The minimum atomic E-state index is -0.210. The Bertz CT molecular complexity index is 529. The zero-order valence-electron chi connectivity index (χ0n) is 11.3. The first-order valence-corrected chi connectivity index (χ1v) is 6.99. The molecule has 19 heavy (non-hydrogen) atoms. The molecule has 3 nitrogen and oxygen atoms in total. The van der Waals surface area contributed by atoms with E-state index in [9.17, 15) is 9.59 Å². The minimum absolute atomic E-state index is 0.0912. The number of amides is 2. The van der Waals surface area contributed by atoms with Gasteiger partial charge in [-0.05, 0) is 17.5 Å². The van der Waals surface area contributed by atoms with Crippen LogP contribution in [0.25, 0.3) is 0 Å². The van der Waals surface area contributed by atoms with E-state index in [4.69, 9.17) is 0 Å². The van der Waals surface area contributed by atoms with Crippen molar-refractivity contribution in [2.45, 2.75) is 25.7 Å². The molecular formula is C15H17NO2S. The molecule has 0 saturated carbocycles. The van der Waals surface area contributed by atoms with Crippen LogP contribution in [0, 0.1) is 5.41 Å². The second-order valence-electron chi connectivity index (χ2n) is 5.71. The van der Waals surface area contributed by atoms with Gasteiger partial charge in [0.1, 0.15) is 0 Å². The molecule has 0 atom stereocenters. The molecule has 0 saturated heterocycles. The van der Waals surface area contributed by atoms with Gasteiger partial charge in [-0.2, -0.15) is 0 Å². The van der Waals surface area contributed by atoms with Gasteiger partial charge in [0.2, 0.25) is 0 Å². The van der Waals surface area contributed by atoms with Gasteiger partial charge in [-0.15, -0.1) is 0 Å². The van der Waals surface area contributed by atoms with Gasteiger partial charge in [0.05, 0.1) is 4.91 Å². The lowest BCUT2D eigenvalue weighted by molar-refractivity contribution is -0.138. The first kappa shape index (κ1) is 13.9. The van der Waals surface area contributed by atoms with E-state index in [1.54, 1.807) is 0 Å². The SMILES string of the molecule is CC(C)(C)CN1C(=O)C=C(Sc2ccccc2)C1=O. The van der Waals surface area contributed by atoms with Crippen LogP contribution in [0.5, 0.6) is 0 Å². The quantitative estimate of drug-likeness (QED) is 0.796. The van der Waals surface area contributed by atoms with Crippen molar-refractivity contribution in [2.24, 2.45) is 5.41 Å². The number of hydrogen-bond donors (Lipinski definition) is 0. The summed E-state index contributed by atoms with van der Waals surface area (Å²) in [4.78, 5) is 26.9. The third-order valence-corrected chi connectivity index (χ3v) is 3.60. The molecule has 1 aromatic carbocycles. The van der Waals surface area contributed by atoms with Crippen LogP contribution in [0.4, 0.5) is 0 Å². The molecule has 0 spiro atoms. The Morgan fingerprint density at radius 3 is 2.32 bits per heavy atom. The zero-order valence-corrected chi connectivity index (χ0v) is 12.2. The number of imide groups is 1. The van der Waals surface area contributed by atoms with Crippen molar-refractivity contribution in [2.75, 3.05) is 6.54 Å². The van der Waals surface area contributed by atoms with Crippen molar-refractivity contribution >= 4 is 23.6 Å². The lowest BCUT2D eigenvalue weighted by atomic mass is 9.96. The van der Waals surface area contributed by atoms with Gasteiger partial charge in [0.15, 0.2) is 0 Å². The average Bonchev–Trinajstić information content (AvgIpc) is 2.57. The number of rotatable bonds is 3. The molecule has 2 amide bonds. The average molecular weight is 275 g/mol. The van der Waals surface area contributed by atoms with E-state index in [1.807, 2.05) is 51.1 Å². The Morgan fingerprint density at radius 1 is 1.11 bits per heavy atom. The number of nitrogens with zero attached hydrogens (tertiary/aromatic N) is 1. The molecule has 0 aliphatic carbocycles. The van der Waals surface area contributed by atoms with Gasteiger partial charge >= 0.3 is 0 Å². The van der Waals surface area contributed by atoms with Gasteiger partial charge in [-0.1, -0.05) is 50.7 Å². The molecular weight excluding hydrogens is 258 g/mol. The fourth-order valence-corrected chi connectivity index (χ4v) is 2.70. The minimum Gasteiger partial charge on any atom is -0.274 e. The lowest BCUT2D eigenvalue weighted by Crippen LogP contribution is -2.37. The van der Waals surface area contributed by atoms with Gasteiger partial charge in [-0.25, -0.2) is 0 Å². The smallest absolute Gasteiger partial charge is 0.267 e. The van der Waals surface area contributed by atoms with E-state index in [1.165, 1.54) is 22.7 Å². The van der Waals surface area contributed by atoms with E-state index in [-0.39, 0.29) is 17.2 Å². The summed E-state index contributed by atoms with van der Waals surface area (Å²) in [7, 11) is 0. The molecule has 0 radical (unpaired) electrons. The number of hydrogen-bond acceptors (Lipinski definition) is 3. The summed E-state index contributed by atoms with van der Waals surface area (Å²) < 4.78 is 0. The summed E-state index contributed by atoms with van der Waals surface area (Å²) in [6.45, 7) is 6.47. The second-order valence-corrected chi connectivity index (χ2v) is 6.83. The molecule has 0 bridgehead atoms. The largest absolute Gasteiger partial charge is 0.274 e. The van der Waals surface area contributed by atoms with Crippen LogP contribution in [0.2, 0.25) is 0 Å². The highest BCUT2D eigenvalue weighted by Crippen LogP contribution is 2.32. The van der Waals surface area contributed by atoms with Crippen molar-refractivity contribution in [3.8, 4) is 0 Å². The number of carbonyl (C=O) groups is 2. The molecule has 1 heterocycles. The second kappa shape index (κ2) is 5.21. The Hall–Kier alpha value is -1.55. The Balaban J connectivity index is 2.11. The third-order valence-electron chi connectivity index (χ3n) is 2.58. The summed E-state index contributed by atoms with van der Waals surface area (Å²) >= 11 is 1.34. The van der Waals surface area contributed by atoms with E-state index in [0.717, 1.165) is 4.90 Å². The van der Waals surface area contributed by atoms with Crippen LogP contribution in [-0.4, -0.2) is 23.3 Å². The maximum atomic E-state index is 12.2. The van der Waals surface area contributed by atoms with Crippen LogP contribution >= 0.6 is 11.8 Å². The molecule has 2 rings (SSSR count). The predicted molar refractivity (Wildman–Crippen MR) is 76.6 cm³/mol. The van der Waals surface area contributed by atoms with Gasteiger partial charge in [0.25, 0.3) is 11.8 Å². The van der Waals surface area contributed by atoms with Crippen molar-refractivity contribution in [1.29, 1.82) is 0 Å². The monoisotopic (exact) mass is 275 g/mol. The van der Waals surface area contributed by atoms with Crippen molar-refractivity contribution in [3.05, 3.63) is 41.3 Å². The number of benzene rings is 1. The molecule has 0 N–H and O–H groups in total. The van der Waals surface area contributed by atoms with E-state index >= 15 is 0 Å². The lowest BCUT2D eigenvalue weighted by Gasteiger charge is -2.25. The highest BCUT2D eigenvalue weighted by atomic mass is 32.2. The molecule has 0 aromatic heterocycles. The van der Waals surface area contributed by atoms with Crippen LogP contribution in [0.15, 0.2) is 46.2 Å². The highest BCUT2D eigenvalue weighted by molar-refractivity contribution is 8.04. The Kier molecular flexibility index (Phi) is 3.80. The van der Waals surface area contributed by atoms with Gasteiger partial charge < -0.3 is 0 Å². The van der Waals surface area contributed by atoms with E-state index in [2.05, 4.69) is 0 Å². The molecule has 1 aliphatic rings. The standard InChI is InChI=1S/C15H17NO2S/c1-15(2,3)10-16-13(17)9-12(14(16)18)19-11-7-5-4-6-8-11/h4-9H,10H2,1-3H3. The fourth-order valence-electron chi connectivity index (χ4n) is 1.80.